The van der Waals surface area contributed by atoms with Gasteiger partial charge in [0.1, 0.15) is 5.60 Å². The molecule has 0 unspecified atom stereocenters. The van der Waals surface area contributed by atoms with Crippen molar-refractivity contribution in [2.24, 2.45) is 0 Å². The first-order valence-electron chi connectivity index (χ1n) is 9.32. The zero-order valence-electron chi connectivity index (χ0n) is 16.7. The fraction of sp³-hybridized carbons (Fsp3) is 0.333. The van der Waals surface area contributed by atoms with E-state index in [1.54, 1.807) is 48.8 Å². The van der Waals surface area contributed by atoms with Gasteiger partial charge in [0.25, 0.3) is 16.5 Å². The molecule has 1 aromatic carbocycles. The number of hydrogen-bond acceptors (Lipinski definition) is 6. The minimum absolute atomic E-state index is 0.265. The molecule has 4 rings (SSSR count). The number of aromatic nitrogens is 2. The number of fused-ring (bicyclic) bond motifs is 1. The number of pyridine rings is 1. The second-order valence-electron chi connectivity index (χ2n) is 7.79. The molecule has 3 heterocycles. The smallest absolute Gasteiger partial charge is 0.293 e. The van der Waals surface area contributed by atoms with Crippen LogP contribution in [-0.4, -0.2) is 42.5 Å². The van der Waals surface area contributed by atoms with Gasteiger partial charge in [-0.2, -0.15) is 0 Å². The van der Waals surface area contributed by atoms with E-state index in [-0.39, 0.29) is 10.5 Å². The quantitative estimate of drug-likeness (QED) is 0.659. The van der Waals surface area contributed by atoms with Gasteiger partial charge in [0.15, 0.2) is 5.65 Å². The Morgan fingerprint density at radius 2 is 1.86 bits per heavy atom. The molecule has 1 saturated heterocycles. The van der Waals surface area contributed by atoms with Gasteiger partial charge >= 0.3 is 0 Å². The molecular weight excluding hydrogens is 390 g/mol. The molecule has 0 atom stereocenters. The van der Waals surface area contributed by atoms with E-state index >= 15 is 0 Å². The third-order valence-corrected chi connectivity index (χ3v) is 6.15. The molecule has 1 aliphatic heterocycles. The van der Waals surface area contributed by atoms with Gasteiger partial charge in [-0.3, -0.25) is 4.79 Å². The average molecular weight is 416 g/mol. The summed E-state index contributed by atoms with van der Waals surface area (Å²) in [4.78, 5) is 14.3. The van der Waals surface area contributed by atoms with Crippen LogP contribution in [0.1, 0.15) is 32.3 Å². The summed E-state index contributed by atoms with van der Waals surface area (Å²) in [5.41, 5.74) is 1.31. The highest BCUT2D eigenvalue weighted by Gasteiger charge is 2.22. The first-order chi connectivity index (χ1) is 13.7. The number of hydrogen-bond donors (Lipinski definition) is 1. The molecule has 1 N–H and O–H groups in total. The van der Waals surface area contributed by atoms with Crippen LogP contribution >= 0.6 is 0 Å². The van der Waals surface area contributed by atoms with Crippen LogP contribution in [0.2, 0.25) is 0 Å². The number of rotatable bonds is 4. The Morgan fingerprint density at radius 1 is 1.17 bits per heavy atom. The summed E-state index contributed by atoms with van der Waals surface area (Å²) >= 11 is 0. The van der Waals surface area contributed by atoms with Crippen LogP contribution in [-0.2, 0) is 19.6 Å². The lowest BCUT2D eigenvalue weighted by Crippen LogP contribution is -2.39. The maximum absolute atomic E-state index is 12.7. The van der Waals surface area contributed by atoms with Crippen LogP contribution in [0.15, 0.2) is 59.8 Å². The van der Waals surface area contributed by atoms with Crippen molar-refractivity contribution in [2.45, 2.75) is 37.2 Å². The van der Waals surface area contributed by atoms with E-state index in [9.17, 15) is 13.2 Å². The number of nitrogens with zero attached hydrogens (tertiary/aromatic N) is 2. The molecule has 7 nitrogen and oxygen atoms in total. The summed E-state index contributed by atoms with van der Waals surface area (Å²) in [5.74, 6) is 0.478. The summed E-state index contributed by atoms with van der Waals surface area (Å²) in [7, 11) is -3.61. The third-order valence-electron chi connectivity index (χ3n) is 4.47. The van der Waals surface area contributed by atoms with Crippen molar-refractivity contribution in [1.82, 2.24) is 14.3 Å². The van der Waals surface area contributed by atoms with Gasteiger partial charge in [-0.25, -0.2) is 17.4 Å². The molecule has 29 heavy (non-hydrogen) atoms. The SMILES string of the molecule is CC(C)(C)OC=O.O=S(=O)(c1ccccc1)n1ccc2cc(C3CNC3)cnc21. The van der Waals surface area contributed by atoms with Gasteiger partial charge in [-0.05, 0) is 50.6 Å². The number of ether oxygens (including phenoxy) is 1. The van der Waals surface area contributed by atoms with Crippen molar-refractivity contribution in [2.75, 3.05) is 13.1 Å². The van der Waals surface area contributed by atoms with Crippen molar-refractivity contribution in [3.05, 3.63) is 60.4 Å². The van der Waals surface area contributed by atoms with Crippen molar-refractivity contribution in [1.29, 1.82) is 0 Å². The van der Waals surface area contributed by atoms with Crippen LogP contribution in [0.5, 0.6) is 0 Å². The van der Waals surface area contributed by atoms with Crippen LogP contribution in [0.25, 0.3) is 11.0 Å². The first-order valence-corrected chi connectivity index (χ1v) is 10.8. The predicted octanol–water partition coefficient (Wildman–Crippen LogP) is 2.92. The lowest BCUT2D eigenvalue weighted by molar-refractivity contribution is -0.138. The fourth-order valence-corrected chi connectivity index (χ4v) is 4.14. The van der Waals surface area contributed by atoms with Crippen molar-refractivity contribution >= 4 is 27.5 Å². The Morgan fingerprint density at radius 3 is 2.38 bits per heavy atom. The highest BCUT2D eigenvalue weighted by Crippen LogP contribution is 2.25. The van der Waals surface area contributed by atoms with E-state index in [2.05, 4.69) is 15.0 Å². The summed E-state index contributed by atoms with van der Waals surface area (Å²) < 4.78 is 31.2. The lowest BCUT2D eigenvalue weighted by Gasteiger charge is -2.27. The Bertz CT molecular complexity index is 1080. The van der Waals surface area contributed by atoms with Crippen LogP contribution < -0.4 is 5.32 Å². The molecule has 0 bridgehead atoms. The van der Waals surface area contributed by atoms with E-state index < -0.39 is 10.0 Å². The monoisotopic (exact) mass is 415 g/mol. The molecule has 154 valence electrons. The average Bonchev–Trinajstić information content (AvgIpc) is 3.05. The summed E-state index contributed by atoms with van der Waals surface area (Å²) in [6, 6.07) is 12.2. The number of benzene rings is 1. The van der Waals surface area contributed by atoms with E-state index in [0.29, 0.717) is 18.0 Å². The van der Waals surface area contributed by atoms with Gasteiger partial charge in [-0.15, -0.1) is 0 Å². The molecule has 1 fully saturated rings. The Hall–Kier alpha value is -2.71. The Balaban J connectivity index is 0.000000298. The zero-order valence-corrected chi connectivity index (χ0v) is 17.5. The van der Waals surface area contributed by atoms with Crippen molar-refractivity contribution in [3.63, 3.8) is 0 Å². The standard InChI is InChI=1S/C16H15N3O2S.C5H10O2/c20-22(21,15-4-2-1-3-5-15)19-7-6-12-8-13(11-18-16(12)19)14-9-17-10-14;1-5(2,3)7-4-6/h1-8,11,14,17H,9-10H2;4H,1-3H3. The number of carbonyl (C=O) groups is 1. The molecule has 2 aromatic heterocycles. The molecule has 8 heteroatoms. The molecular formula is C21H25N3O4S. The molecule has 3 aromatic rings. The molecule has 0 aliphatic carbocycles. The molecule has 0 radical (unpaired) electrons. The van der Waals surface area contributed by atoms with Crippen LogP contribution in [0, 0.1) is 0 Å². The highest BCUT2D eigenvalue weighted by atomic mass is 32.2. The normalized spacial score (nSPS) is 14.6. The van der Waals surface area contributed by atoms with Crippen LogP contribution in [0.4, 0.5) is 0 Å². The van der Waals surface area contributed by atoms with E-state index in [4.69, 9.17) is 0 Å². The molecule has 0 spiro atoms. The maximum Gasteiger partial charge on any atom is 0.293 e. The van der Waals surface area contributed by atoms with Gasteiger partial charge < -0.3 is 10.1 Å². The van der Waals surface area contributed by atoms with Gasteiger partial charge in [0.05, 0.1) is 4.90 Å². The highest BCUT2D eigenvalue weighted by molar-refractivity contribution is 7.90. The fourth-order valence-electron chi connectivity index (χ4n) is 2.81. The topological polar surface area (TPSA) is 90.3 Å². The minimum atomic E-state index is -3.61. The van der Waals surface area contributed by atoms with E-state index in [1.807, 2.05) is 26.8 Å². The minimum Gasteiger partial charge on any atom is -0.462 e. The number of nitrogens with one attached hydrogen (secondary N) is 1. The van der Waals surface area contributed by atoms with Crippen molar-refractivity contribution in [3.8, 4) is 0 Å². The Kier molecular flexibility index (Phi) is 6.04. The summed E-state index contributed by atoms with van der Waals surface area (Å²) in [6.07, 6.45) is 3.35. The predicted molar refractivity (Wildman–Crippen MR) is 111 cm³/mol. The third kappa shape index (κ3) is 4.83. The molecule has 1 aliphatic rings. The van der Waals surface area contributed by atoms with Crippen molar-refractivity contribution < 1.29 is 17.9 Å². The summed E-state index contributed by atoms with van der Waals surface area (Å²) in [6.45, 7) is 7.83. The number of carbonyl (C=O) groups excluding carboxylic acids is 1. The largest absolute Gasteiger partial charge is 0.462 e. The van der Waals surface area contributed by atoms with E-state index in [1.165, 1.54) is 3.97 Å². The Labute approximate surface area is 170 Å². The zero-order chi connectivity index (χ0) is 21.1. The second kappa shape index (κ2) is 8.34. The van der Waals surface area contributed by atoms with Gasteiger partial charge in [0, 0.05) is 36.8 Å². The molecule has 0 saturated carbocycles. The van der Waals surface area contributed by atoms with Crippen LogP contribution in [0.3, 0.4) is 0 Å². The first kappa shape index (κ1) is 21.0. The summed E-state index contributed by atoms with van der Waals surface area (Å²) in [5, 5.41) is 4.08. The molecule has 0 amide bonds. The second-order valence-corrected chi connectivity index (χ2v) is 9.61. The van der Waals surface area contributed by atoms with Gasteiger partial charge in [0.2, 0.25) is 0 Å². The maximum atomic E-state index is 12.7. The van der Waals surface area contributed by atoms with E-state index in [0.717, 1.165) is 24.0 Å². The lowest BCUT2D eigenvalue weighted by atomic mass is 9.95. The van der Waals surface area contributed by atoms with Gasteiger partial charge in [-0.1, -0.05) is 18.2 Å².